The van der Waals surface area contributed by atoms with Crippen LogP contribution in [0.15, 0.2) is 36.4 Å². The first-order valence-corrected chi connectivity index (χ1v) is 7.70. The molecular formula is C16H14Cl2N2O3. The van der Waals surface area contributed by atoms with Crippen LogP contribution in [0.4, 0.5) is 11.4 Å². The van der Waals surface area contributed by atoms with Crippen molar-refractivity contribution in [1.29, 1.82) is 0 Å². The van der Waals surface area contributed by atoms with E-state index in [1.807, 2.05) is 6.07 Å². The predicted molar refractivity (Wildman–Crippen MR) is 90.7 cm³/mol. The Balaban J connectivity index is 1.65. The lowest BCUT2D eigenvalue weighted by molar-refractivity contribution is -0.116. The van der Waals surface area contributed by atoms with Crippen molar-refractivity contribution < 1.29 is 14.3 Å². The number of amides is 1. The highest BCUT2D eigenvalue weighted by atomic mass is 35.5. The monoisotopic (exact) mass is 352 g/mol. The first kappa shape index (κ1) is 15.8. The number of rotatable bonds is 4. The summed E-state index contributed by atoms with van der Waals surface area (Å²) in [5, 5.41) is 6.80. The fourth-order valence-corrected chi connectivity index (χ4v) is 2.70. The molecule has 0 fully saturated rings. The van der Waals surface area contributed by atoms with Crippen LogP contribution in [0.25, 0.3) is 0 Å². The van der Waals surface area contributed by atoms with Crippen LogP contribution >= 0.6 is 23.2 Å². The van der Waals surface area contributed by atoms with Crippen LogP contribution in [0.3, 0.4) is 0 Å². The van der Waals surface area contributed by atoms with Gasteiger partial charge in [0, 0.05) is 27.5 Å². The van der Waals surface area contributed by atoms with Crippen LogP contribution in [0, 0.1) is 0 Å². The van der Waals surface area contributed by atoms with Crippen LogP contribution in [0.5, 0.6) is 11.5 Å². The Morgan fingerprint density at radius 1 is 1.04 bits per heavy atom. The molecule has 1 atom stereocenters. The topological polar surface area (TPSA) is 59.6 Å². The van der Waals surface area contributed by atoms with E-state index in [4.69, 9.17) is 32.7 Å². The Labute approximate surface area is 143 Å². The Morgan fingerprint density at radius 2 is 1.74 bits per heavy atom. The van der Waals surface area contributed by atoms with Gasteiger partial charge in [0.05, 0.1) is 0 Å². The third-order valence-corrected chi connectivity index (χ3v) is 3.72. The van der Waals surface area contributed by atoms with Crippen molar-refractivity contribution in [1.82, 2.24) is 0 Å². The molecule has 0 bridgehead atoms. The molecule has 0 spiro atoms. The van der Waals surface area contributed by atoms with Gasteiger partial charge in [-0.2, -0.15) is 0 Å². The molecule has 0 aromatic heterocycles. The molecule has 1 aliphatic rings. The Kier molecular flexibility index (Phi) is 4.50. The van der Waals surface area contributed by atoms with Gasteiger partial charge in [-0.3, -0.25) is 4.79 Å². The number of benzene rings is 2. The van der Waals surface area contributed by atoms with Crippen molar-refractivity contribution >= 4 is 40.5 Å². The highest BCUT2D eigenvalue weighted by Gasteiger charge is 2.17. The summed E-state index contributed by atoms with van der Waals surface area (Å²) in [6, 6.07) is 9.83. The van der Waals surface area contributed by atoms with Crippen LogP contribution < -0.4 is 20.1 Å². The van der Waals surface area contributed by atoms with Crippen molar-refractivity contribution in [2.24, 2.45) is 0 Å². The fraction of sp³-hybridized carbons (Fsp3) is 0.188. The van der Waals surface area contributed by atoms with Gasteiger partial charge in [0.2, 0.25) is 12.7 Å². The summed E-state index contributed by atoms with van der Waals surface area (Å²) in [6.07, 6.45) is 0. The van der Waals surface area contributed by atoms with Gasteiger partial charge in [-0.1, -0.05) is 23.2 Å². The smallest absolute Gasteiger partial charge is 0.246 e. The molecule has 3 rings (SSSR count). The molecule has 0 saturated carbocycles. The standard InChI is InChI=1S/C16H14Cl2N2O3/c1-9(16(21)20-13-5-10(17)4-11(18)6-13)19-12-2-3-14-15(7-12)23-8-22-14/h2-7,9,19H,8H2,1H3,(H,20,21)/t9-/m0/s1. The van der Waals surface area contributed by atoms with E-state index in [1.54, 1.807) is 37.3 Å². The molecule has 1 amide bonds. The lowest BCUT2D eigenvalue weighted by Gasteiger charge is -2.16. The number of ether oxygens (including phenoxy) is 2. The second-order valence-corrected chi connectivity index (χ2v) is 5.95. The van der Waals surface area contributed by atoms with Crippen LogP contribution in [0.1, 0.15) is 6.92 Å². The fourth-order valence-electron chi connectivity index (χ4n) is 2.18. The molecule has 0 radical (unpaired) electrons. The maximum atomic E-state index is 12.3. The number of hydrogen-bond donors (Lipinski definition) is 2. The first-order chi connectivity index (χ1) is 11.0. The predicted octanol–water partition coefficient (Wildman–Crippen LogP) is 4.16. The zero-order chi connectivity index (χ0) is 16.4. The summed E-state index contributed by atoms with van der Waals surface area (Å²) in [4.78, 5) is 12.3. The van der Waals surface area contributed by atoms with E-state index in [1.165, 1.54) is 0 Å². The molecule has 1 heterocycles. The summed E-state index contributed by atoms with van der Waals surface area (Å²) >= 11 is 11.8. The van der Waals surface area contributed by atoms with E-state index in [2.05, 4.69) is 10.6 Å². The summed E-state index contributed by atoms with van der Waals surface area (Å²) in [5.41, 5.74) is 1.31. The second-order valence-electron chi connectivity index (χ2n) is 5.08. The quantitative estimate of drug-likeness (QED) is 0.867. The third-order valence-electron chi connectivity index (χ3n) is 3.28. The van der Waals surface area contributed by atoms with Crippen LogP contribution in [0.2, 0.25) is 10.0 Å². The highest BCUT2D eigenvalue weighted by molar-refractivity contribution is 6.35. The minimum Gasteiger partial charge on any atom is -0.454 e. The van der Waals surface area contributed by atoms with Gasteiger partial charge in [0.25, 0.3) is 0 Å². The maximum absolute atomic E-state index is 12.3. The molecular weight excluding hydrogens is 339 g/mol. The minimum absolute atomic E-state index is 0.207. The minimum atomic E-state index is -0.465. The Morgan fingerprint density at radius 3 is 2.48 bits per heavy atom. The number of carbonyl (C=O) groups is 1. The number of halogens is 2. The van der Waals surface area contributed by atoms with E-state index in [9.17, 15) is 4.79 Å². The van der Waals surface area contributed by atoms with Gasteiger partial charge in [-0.15, -0.1) is 0 Å². The van der Waals surface area contributed by atoms with Crippen LogP contribution in [-0.4, -0.2) is 18.7 Å². The van der Waals surface area contributed by atoms with Crippen molar-refractivity contribution in [3.63, 3.8) is 0 Å². The van der Waals surface area contributed by atoms with Gasteiger partial charge in [0.1, 0.15) is 6.04 Å². The third kappa shape index (κ3) is 3.81. The van der Waals surface area contributed by atoms with E-state index in [0.29, 0.717) is 27.2 Å². The first-order valence-electron chi connectivity index (χ1n) is 6.94. The van der Waals surface area contributed by atoms with Crippen molar-refractivity contribution in [3.05, 3.63) is 46.4 Å². The largest absolute Gasteiger partial charge is 0.454 e. The van der Waals surface area contributed by atoms with E-state index < -0.39 is 6.04 Å². The average molecular weight is 353 g/mol. The van der Waals surface area contributed by atoms with E-state index in [-0.39, 0.29) is 12.7 Å². The molecule has 2 N–H and O–H groups in total. The molecule has 0 unspecified atom stereocenters. The van der Waals surface area contributed by atoms with Crippen molar-refractivity contribution in [3.8, 4) is 11.5 Å². The summed E-state index contributed by atoms with van der Waals surface area (Å²) in [7, 11) is 0. The molecule has 5 nitrogen and oxygen atoms in total. The van der Waals surface area contributed by atoms with Gasteiger partial charge in [-0.25, -0.2) is 0 Å². The molecule has 23 heavy (non-hydrogen) atoms. The Bertz CT molecular complexity index is 732. The van der Waals surface area contributed by atoms with Gasteiger partial charge in [-0.05, 0) is 37.3 Å². The van der Waals surface area contributed by atoms with Crippen molar-refractivity contribution in [2.45, 2.75) is 13.0 Å². The number of nitrogens with one attached hydrogen (secondary N) is 2. The molecule has 0 aliphatic carbocycles. The lowest BCUT2D eigenvalue weighted by Crippen LogP contribution is -2.31. The SMILES string of the molecule is C[C@H](Nc1ccc2c(c1)OCO2)C(=O)Nc1cc(Cl)cc(Cl)c1. The lowest BCUT2D eigenvalue weighted by atomic mass is 10.2. The van der Waals surface area contributed by atoms with E-state index >= 15 is 0 Å². The Hall–Kier alpha value is -2.11. The van der Waals surface area contributed by atoms with Crippen molar-refractivity contribution in [2.75, 3.05) is 17.4 Å². The molecule has 1 aliphatic heterocycles. The maximum Gasteiger partial charge on any atom is 0.246 e. The summed E-state index contributed by atoms with van der Waals surface area (Å²) in [5.74, 6) is 1.14. The van der Waals surface area contributed by atoms with Crippen LogP contribution in [-0.2, 0) is 4.79 Å². The number of carbonyl (C=O) groups excluding carboxylic acids is 1. The van der Waals surface area contributed by atoms with E-state index in [0.717, 1.165) is 5.69 Å². The molecule has 2 aromatic rings. The zero-order valence-electron chi connectivity index (χ0n) is 12.2. The normalized spacial score (nSPS) is 13.5. The van der Waals surface area contributed by atoms with Gasteiger partial charge < -0.3 is 20.1 Å². The molecule has 7 heteroatoms. The highest BCUT2D eigenvalue weighted by Crippen LogP contribution is 2.34. The number of fused-ring (bicyclic) bond motifs is 1. The van der Waals surface area contributed by atoms with Gasteiger partial charge >= 0.3 is 0 Å². The average Bonchev–Trinajstić information content (AvgIpc) is 2.93. The number of anilines is 2. The zero-order valence-corrected chi connectivity index (χ0v) is 13.7. The summed E-state index contributed by atoms with van der Waals surface area (Å²) in [6.45, 7) is 1.97. The summed E-state index contributed by atoms with van der Waals surface area (Å²) < 4.78 is 10.6. The second kappa shape index (κ2) is 6.56. The molecule has 0 saturated heterocycles. The van der Waals surface area contributed by atoms with Gasteiger partial charge in [0.15, 0.2) is 11.5 Å². The molecule has 120 valence electrons. The number of hydrogen-bond acceptors (Lipinski definition) is 4. The molecule has 2 aromatic carbocycles.